The van der Waals surface area contributed by atoms with Crippen molar-refractivity contribution >= 4 is 23.4 Å². The number of hydrogen-bond donors (Lipinski definition) is 3. The maximum atomic E-state index is 13.4. The normalized spacial score (nSPS) is 16.7. The number of methoxy groups -OCH3 is 1. The molecule has 0 fully saturated rings. The Balaban J connectivity index is 1.51. The number of ether oxygens (including phenoxy) is 2. The molecule has 2 atom stereocenters. The van der Waals surface area contributed by atoms with Gasteiger partial charge in [-0.2, -0.15) is 0 Å². The van der Waals surface area contributed by atoms with Crippen LogP contribution in [-0.2, 0) is 16.1 Å². The second-order valence-electron chi connectivity index (χ2n) is 11.4. The number of anilines is 1. The Hall–Kier alpha value is -4.99. The van der Waals surface area contributed by atoms with Crippen LogP contribution in [0.15, 0.2) is 84.0 Å². The van der Waals surface area contributed by atoms with Gasteiger partial charge in [0.15, 0.2) is 0 Å². The van der Waals surface area contributed by atoms with Crippen molar-refractivity contribution in [3.8, 4) is 5.75 Å². The highest BCUT2D eigenvalue weighted by atomic mass is 16.5. The second-order valence-corrected chi connectivity index (χ2v) is 11.4. The molecule has 3 amide bonds. The van der Waals surface area contributed by atoms with Crippen molar-refractivity contribution in [3.05, 3.63) is 107 Å². The summed E-state index contributed by atoms with van der Waals surface area (Å²) < 4.78 is 11.3. The number of benzene rings is 1. The van der Waals surface area contributed by atoms with Gasteiger partial charge in [0.05, 0.1) is 35.3 Å². The van der Waals surface area contributed by atoms with Crippen LogP contribution in [-0.4, -0.2) is 34.8 Å². The van der Waals surface area contributed by atoms with Gasteiger partial charge in [0.1, 0.15) is 24.0 Å². The lowest BCUT2D eigenvalue weighted by Gasteiger charge is -2.37. The molecule has 3 aromatic rings. The van der Waals surface area contributed by atoms with E-state index in [0.29, 0.717) is 29.4 Å². The first-order valence-electron chi connectivity index (χ1n) is 13.9. The van der Waals surface area contributed by atoms with Gasteiger partial charge in [-0.15, -0.1) is 0 Å². The van der Waals surface area contributed by atoms with Gasteiger partial charge in [-0.25, -0.2) is 0 Å². The lowest BCUT2D eigenvalue weighted by atomic mass is 9.70. The van der Waals surface area contributed by atoms with Gasteiger partial charge in [-0.05, 0) is 66.8 Å². The molecule has 4 N–H and O–H groups in total. The first-order chi connectivity index (χ1) is 20.4. The SMILES string of the molecule is COC1=C(NC(=O)c2cnc(C)c(C(=O)Nc3ccc(OCc4ccccn4)cc3)c2)C=C(C(C)(C)C)[C@H](C)C1C(N)=O. The van der Waals surface area contributed by atoms with E-state index in [4.69, 9.17) is 15.2 Å². The molecule has 0 saturated heterocycles. The second kappa shape index (κ2) is 12.9. The zero-order valence-electron chi connectivity index (χ0n) is 25.2. The molecule has 0 saturated carbocycles. The van der Waals surface area contributed by atoms with Gasteiger partial charge in [0.2, 0.25) is 5.91 Å². The molecule has 4 rings (SSSR count). The van der Waals surface area contributed by atoms with E-state index in [2.05, 4.69) is 20.6 Å². The third-order valence-electron chi connectivity index (χ3n) is 7.30. The van der Waals surface area contributed by atoms with Gasteiger partial charge in [-0.1, -0.05) is 39.3 Å². The lowest BCUT2D eigenvalue weighted by molar-refractivity contribution is -0.123. The van der Waals surface area contributed by atoms with E-state index in [-0.39, 0.29) is 28.2 Å². The Kier molecular flexibility index (Phi) is 9.28. The number of carbonyl (C=O) groups excluding carboxylic acids is 3. The maximum Gasteiger partial charge on any atom is 0.257 e. The highest BCUT2D eigenvalue weighted by Crippen LogP contribution is 2.42. The van der Waals surface area contributed by atoms with E-state index in [0.717, 1.165) is 11.3 Å². The number of hydrogen-bond acceptors (Lipinski definition) is 7. The number of carbonyl (C=O) groups is 3. The van der Waals surface area contributed by atoms with Gasteiger partial charge in [0, 0.05) is 18.1 Å². The van der Waals surface area contributed by atoms with E-state index in [1.165, 1.54) is 19.4 Å². The number of aryl methyl sites for hydroxylation is 1. The van der Waals surface area contributed by atoms with Crippen LogP contribution in [0.4, 0.5) is 5.69 Å². The molecule has 1 aliphatic rings. The van der Waals surface area contributed by atoms with Gasteiger partial charge < -0.3 is 25.8 Å². The molecular weight excluding hydrogens is 546 g/mol. The van der Waals surface area contributed by atoms with Crippen LogP contribution in [0.25, 0.3) is 0 Å². The smallest absolute Gasteiger partial charge is 0.257 e. The van der Waals surface area contributed by atoms with Crippen molar-refractivity contribution in [2.24, 2.45) is 23.0 Å². The number of nitrogens with zero attached hydrogens (tertiary/aromatic N) is 2. The Bertz CT molecular complexity index is 1570. The fourth-order valence-corrected chi connectivity index (χ4v) is 5.10. The van der Waals surface area contributed by atoms with Crippen molar-refractivity contribution in [2.45, 2.75) is 41.2 Å². The number of nitrogens with one attached hydrogen (secondary N) is 2. The predicted molar refractivity (Wildman–Crippen MR) is 163 cm³/mol. The van der Waals surface area contributed by atoms with Crippen LogP contribution in [0.3, 0.4) is 0 Å². The molecular formula is C33H37N5O5. The number of pyridine rings is 2. The van der Waals surface area contributed by atoms with E-state index < -0.39 is 23.6 Å². The Labute approximate surface area is 251 Å². The molecule has 1 aromatic carbocycles. The molecule has 1 aliphatic carbocycles. The number of primary amides is 1. The minimum absolute atomic E-state index is 0.164. The van der Waals surface area contributed by atoms with Crippen LogP contribution in [0.2, 0.25) is 0 Å². The molecule has 0 bridgehead atoms. The topological polar surface area (TPSA) is 146 Å². The monoisotopic (exact) mass is 583 g/mol. The van der Waals surface area contributed by atoms with E-state index >= 15 is 0 Å². The van der Waals surface area contributed by atoms with Crippen molar-refractivity contribution in [1.29, 1.82) is 0 Å². The minimum Gasteiger partial charge on any atom is -0.498 e. The Morgan fingerprint density at radius 1 is 1.00 bits per heavy atom. The molecule has 2 aromatic heterocycles. The minimum atomic E-state index is -0.746. The fourth-order valence-electron chi connectivity index (χ4n) is 5.10. The van der Waals surface area contributed by atoms with Crippen molar-refractivity contribution < 1.29 is 23.9 Å². The summed E-state index contributed by atoms with van der Waals surface area (Å²) in [6.45, 7) is 10.0. The average Bonchev–Trinajstić information content (AvgIpc) is 2.97. The summed E-state index contributed by atoms with van der Waals surface area (Å²) in [5, 5.41) is 5.69. The zero-order valence-corrected chi connectivity index (χ0v) is 25.2. The van der Waals surface area contributed by atoms with Crippen LogP contribution >= 0.6 is 0 Å². The van der Waals surface area contributed by atoms with Crippen molar-refractivity contribution in [1.82, 2.24) is 15.3 Å². The highest BCUT2D eigenvalue weighted by Gasteiger charge is 2.39. The molecule has 0 aliphatic heterocycles. The summed E-state index contributed by atoms with van der Waals surface area (Å²) in [7, 11) is 1.44. The van der Waals surface area contributed by atoms with Gasteiger partial charge in [0.25, 0.3) is 11.8 Å². The summed E-state index contributed by atoms with van der Waals surface area (Å²) >= 11 is 0. The molecule has 0 radical (unpaired) electrons. The molecule has 10 nitrogen and oxygen atoms in total. The van der Waals surface area contributed by atoms with E-state index in [1.54, 1.807) is 37.4 Å². The van der Waals surface area contributed by atoms with Crippen molar-refractivity contribution in [3.63, 3.8) is 0 Å². The van der Waals surface area contributed by atoms with Crippen LogP contribution in [0.5, 0.6) is 5.75 Å². The van der Waals surface area contributed by atoms with Crippen LogP contribution in [0, 0.1) is 24.2 Å². The third-order valence-corrected chi connectivity index (χ3v) is 7.30. The lowest BCUT2D eigenvalue weighted by Crippen LogP contribution is -2.39. The third kappa shape index (κ3) is 7.27. The summed E-state index contributed by atoms with van der Waals surface area (Å²) in [5.74, 6) is -1.53. The molecule has 2 heterocycles. The average molecular weight is 584 g/mol. The molecule has 0 spiro atoms. The molecule has 1 unspecified atom stereocenters. The number of nitrogens with two attached hydrogens (primary N) is 1. The van der Waals surface area contributed by atoms with Gasteiger partial charge in [-0.3, -0.25) is 24.4 Å². The number of aromatic nitrogens is 2. The maximum absolute atomic E-state index is 13.4. The highest BCUT2D eigenvalue weighted by molar-refractivity contribution is 6.07. The predicted octanol–water partition coefficient (Wildman–Crippen LogP) is 4.93. The first-order valence-corrected chi connectivity index (χ1v) is 13.9. The Morgan fingerprint density at radius 2 is 1.72 bits per heavy atom. The largest absolute Gasteiger partial charge is 0.498 e. The van der Waals surface area contributed by atoms with Crippen LogP contribution in [0.1, 0.15) is 59.8 Å². The Morgan fingerprint density at radius 3 is 2.33 bits per heavy atom. The summed E-state index contributed by atoms with van der Waals surface area (Å²) in [6.07, 6.45) is 4.93. The quantitative estimate of drug-likeness (QED) is 0.324. The zero-order chi connectivity index (χ0) is 31.3. The number of amides is 3. The standard InChI is InChI=1S/C33H37N5O5/c1-19-26(33(3,4)5)16-27(29(42-6)28(19)30(34)39)38-31(40)21-15-25(20(2)36-17-21)32(41)37-22-10-12-24(13-11-22)43-18-23-9-7-8-14-35-23/h7-17,19,28H,18H2,1-6H3,(H2,34,39)(H,37,41)(H,38,40)/t19-,28?/m0/s1. The van der Waals surface area contributed by atoms with Gasteiger partial charge >= 0.3 is 0 Å². The molecule has 43 heavy (non-hydrogen) atoms. The van der Waals surface area contributed by atoms with E-state index in [9.17, 15) is 14.4 Å². The number of rotatable bonds is 9. The van der Waals surface area contributed by atoms with Crippen molar-refractivity contribution in [2.75, 3.05) is 12.4 Å². The van der Waals surface area contributed by atoms with Crippen LogP contribution < -0.4 is 21.1 Å². The summed E-state index contributed by atoms with van der Waals surface area (Å²) in [4.78, 5) is 47.5. The number of allylic oxidation sites excluding steroid dienone is 2. The summed E-state index contributed by atoms with van der Waals surface area (Å²) in [6, 6.07) is 14.0. The first kappa shape index (κ1) is 31.0. The summed E-state index contributed by atoms with van der Waals surface area (Å²) in [5.41, 5.74) is 8.97. The molecule has 10 heteroatoms. The van der Waals surface area contributed by atoms with E-state index in [1.807, 2.05) is 52.0 Å². The fraction of sp³-hybridized carbons (Fsp3) is 0.303. The molecule has 224 valence electrons.